The van der Waals surface area contributed by atoms with Crippen molar-refractivity contribution < 1.29 is 76.3 Å². The fraction of sp³-hybridized carbons (Fsp3) is 0.574. The molecule has 16 heteroatoms. The van der Waals surface area contributed by atoms with Gasteiger partial charge in [0, 0.05) is 49.3 Å². The zero-order valence-electron chi connectivity index (χ0n) is 36.9. The second kappa shape index (κ2) is 35.8. The van der Waals surface area contributed by atoms with E-state index in [2.05, 4.69) is 39.5 Å². The lowest BCUT2D eigenvalue weighted by molar-refractivity contribution is -0.169. The van der Waals surface area contributed by atoms with Crippen molar-refractivity contribution in [1.29, 1.82) is 0 Å². The highest BCUT2D eigenvalue weighted by Gasteiger charge is 2.38. The lowest BCUT2D eigenvalue weighted by Crippen LogP contribution is -2.43. The van der Waals surface area contributed by atoms with E-state index in [1.807, 2.05) is 0 Å². The Bertz CT molecular complexity index is 1280. The molecular formula is C47H68O16. The first-order valence-electron chi connectivity index (χ1n) is 21.3. The van der Waals surface area contributed by atoms with Crippen molar-refractivity contribution in [2.24, 2.45) is 10.8 Å². The van der Waals surface area contributed by atoms with E-state index in [0.717, 1.165) is 114 Å². The first-order chi connectivity index (χ1) is 30.2. The smallest absolute Gasteiger partial charge is 0.330 e. The minimum Gasteiger partial charge on any atom is -0.465 e. The van der Waals surface area contributed by atoms with Gasteiger partial charge in [-0.25, -0.2) is 28.8 Å². The third-order valence-electron chi connectivity index (χ3n) is 9.46. The summed E-state index contributed by atoms with van der Waals surface area (Å²) in [6, 6.07) is 0. The summed E-state index contributed by atoms with van der Waals surface area (Å²) in [7, 11) is 0. The number of carbonyl (C=O) groups excluding carboxylic acids is 8. The van der Waals surface area contributed by atoms with Crippen LogP contribution in [0.3, 0.4) is 0 Å². The Morgan fingerprint density at radius 3 is 0.603 bits per heavy atom. The monoisotopic (exact) mass is 888 g/mol. The summed E-state index contributed by atoms with van der Waals surface area (Å²) in [6.07, 6.45) is 21.1. The second-order valence-electron chi connectivity index (χ2n) is 15.0. The maximum atomic E-state index is 12.6. The SMILES string of the molecule is C=CC(=O)OCC(COC(=O)C=C)(COC(=O)C=C)COC(=O)CCCCCCCCCCCCCCCCCC(=O)OCC(COC(=O)C=C)(COC(=O)C=C)COC(=O)C=C. The van der Waals surface area contributed by atoms with Gasteiger partial charge in [0.05, 0.1) is 0 Å². The third kappa shape index (κ3) is 30.0. The van der Waals surface area contributed by atoms with Crippen molar-refractivity contribution in [2.45, 2.75) is 109 Å². The molecule has 0 aliphatic carbocycles. The number of hydrogen-bond acceptors (Lipinski definition) is 16. The Morgan fingerprint density at radius 1 is 0.270 bits per heavy atom. The van der Waals surface area contributed by atoms with Crippen LogP contribution < -0.4 is 0 Å². The quantitative estimate of drug-likeness (QED) is 0.0261. The minimum atomic E-state index is -1.36. The van der Waals surface area contributed by atoms with E-state index in [4.69, 9.17) is 37.9 Å². The maximum absolute atomic E-state index is 12.6. The Balaban J connectivity index is 4.34. The fourth-order valence-electron chi connectivity index (χ4n) is 5.65. The van der Waals surface area contributed by atoms with Gasteiger partial charge in [0.2, 0.25) is 0 Å². The molecule has 0 unspecified atom stereocenters. The molecule has 0 aromatic carbocycles. The number of esters is 8. The average molecular weight is 889 g/mol. The van der Waals surface area contributed by atoms with Crippen LogP contribution in [0.5, 0.6) is 0 Å². The normalized spacial score (nSPS) is 10.8. The van der Waals surface area contributed by atoms with Crippen LogP contribution in [0, 0.1) is 10.8 Å². The molecule has 16 nitrogen and oxygen atoms in total. The summed E-state index contributed by atoms with van der Waals surface area (Å²) in [5, 5.41) is 0. The topological polar surface area (TPSA) is 210 Å². The van der Waals surface area contributed by atoms with E-state index in [0.29, 0.717) is 12.8 Å². The van der Waals surface area contributed by atoms with Gasteiger partial charge >= 0.3 is 47.8 Å². The Kier molecular flexibility index (Phi) is 32.5. The molecule has 0 N–H and O–H groups in total. The van der Waals surface area contributed by atoms with E-state index in [9.17, 15) is 38.4 Å². The van der Waals surface area contributed by atoms with E-state index < -0.39 is 58.6 Å². The zero-order chi connectivity index (χ0) is 47.2. The van der Waals surface area contributed by atoms with E-state index in [1.165, 1.54) is 6.42 Å². The first-order valence-corrected chi connectivity index (χ1v) is 21.3. The van der Waals surface area contributed by atoms with Crippen LogP contribution in [0.15, 0.2) is 75.9 Å². The molecule has 0 saturated heterocycles. The summed E-state index contributed by atoms with van der Waals surface area (Å²) in [4.78, 5) is 95.6. The van der Waals surface area contributed by atoms with Gasteiger partial charge < -0.3 is 37.9 Å². The molecule has 0 spiro atoms. The summed E-state index contributed by atoms with van der Waals surface area (Å²) in [6.45, 7) is 17.1. The molecule has 0 aliphatic heterocycles. The summed E-state index contributed by atoms with van der Waals surface area (Å²) >= 11 is 0. The third-order valence-corrected chi connectivity index (χ3v) is 9.46. The molecule has 0 rings (SSSR count). The van der Waals surface area contributed by atoms with Gasteiger partial charge in [-0.3, -0.25) is 9.59 Å². The Hall–Kier alpha value is -5.80. The summed E-state index contributed by atoms with van der Waals surface area (Å²) in [5.41, 5.74) is -2.72. The molecular weight excluding hydrogens is 821 g/mol. The van der Waals surface area contributed by atoms with Crippen molar-refractivity contribution >= 4 is 47.8 Å². The molecule has 0 saturated carbocycles. The van der Waals surface area contributed by atoms with Gasteiger partial charge in [-0.05, 0) is 12.8 Å². The molecule has 63 heavy (non-hydrogen) atoms. The van der Waals surface area contributed by atoms with Gasteiger partial charge in [0.1, 0.15) is 63.7 Å². The van der Waals surface area contributed by atoms with Crippen molar-refractivity contribution in [3.05, 3.63) is 75.9 Å². The molecule has 0 amide bonds. The van der Waals surface area contributed by atoms with Crippen molar-refractivity contribution in [1.82, 2.24) is 0 Å². The highest BCUT2D eigenvalue weighted by Crippen LogP contribution is 2.24. The molecule has 0 bridgehead atoms. The van der Waals surface area contributed by atoms with Crippen LogP contribution in [0.2, 0.25) is 0 Å². The maximum Gasteiger partial charge on any atom is 0.330 e. The Morgan fingerprint density at radius 2 is 0.429 bits per heavy atom. The molecule has 0 aromatic rings. The predicted octanol–water partition coefficient (Wildman–Crippen LogP) is 7.05. The molecule has 352 valence electrons. The van der Waals surface area contributed by atoms with Gasteiger partial charge in [-0.1, -0.05) is 123 Å². The lowest BCUT2D eigenvalue weighted by Gasteiger charge is -2.31. The van der Waals surface area contributed by atoms with Crippen LogP contribution in [-0.2, 0) is 76.3 Å². The number of rotatable bonds is 40. The van der Waals surface area contributed by atoms with Crippen molar-refractivity contribution in [3.63, 3.8) is 0 Å². The van der Waals surface area contributed by atoms with E-state index >= 15 is 0 Å². The number of hydrogen-bond donors (Lipinski definition) is 0. The lowest BCUT2D eigenvalue weighted by atomic mass is 9.92. The number of ether oxygens (including phenoxy) is 8. The minimum absolute atomic E-state index is 0.169. The van der Waals surface area contributed by atoms with Gasteiger partial charge in [-0.2, -0.15) is 0 Å². The van der Waals surface area contributed by atoms with E-state index in [1.54, 1.807) is 0 Å². The van der Waals surface area contributed by atoms with Crippen LogP contribution in [0.1, 0.15) is 109 Å². The fourth-order valence-corrected chi connectivity index (χ4v) is 5.65. The van der Waals surface area contributed by atoms with Crippen molar-refractivity contribution in [2.75, 3.05) is 52.9 Å². The highest BCUT2D eigenvalue weighted by atomic mass is 16.6. The average Bonchev–Trinajstić information content (AvgIpc) is 3.30. The van der Waals surface area contributed by atoms with Gasteiger partial charge in [0.25, 0.3) is 0 Å². The molecule has 0 atom stereocenters. The van der Waals surface area contributed by atoms with Crippen LogP contribution in [0.4, 0.5) is 0 Å². The first kappa shape index (κ1) is 57.2. The predicted molar refractivity (Wildman–Crippen MR) is 232 cm³/mol. The molecule has 0 aliphatic rings. The molecule has 0 radical (unpaired) electrons. The van der Waals surface area contributed by atoms with Crippen LogP contribution in [0.25, 0.3) is 0 Å². The molecule has 0 aromatic heterocycles. The zero-order valence-corrected chi connectivity index (χ0v) is 36.9. The van der Waals surface area contributed by atoms with E-state index in [-0.39, 0.29) is 65.7 Å². The highest BCUT2D eigenvalue weighted by molar-refractivity contribution is 5.83. The van der Waals surface area contributed by atoms with Gasteiger partial charge in [-0.15, -0.1) is 0 Å². The largest absolute Gasteiger partial charge is 0.465 e. The standard InChI is InChI=1S/C47H68O16/c1-7-38(48)56-30-46(31-57-39(49)8-2,32-58-40(50)9-3)36-62-44(54)28-26-24-22-20-18-16-14-13-15-17-19-21-23-25-27-29-45(55)63-37-47(33-59-41(51)10-4,34-60-42(52)11-5)35-61-43(53)12-6/h7-12H,1-6,13-37H2. The summed E-state index contributed by atoms with van der Waals surface area (Å²) in [5.74, 6) is -5.52. The Labute approximate surface area is 372 Å². The van der Waals surface area contributed by atoms with Crippen LogP contribution >= 0.6 is 0 Å². The second-order valence-corrected chi connectivity index (χ2v) is 15.0. The number of carbonyl (C=O) groups is 8. The summed E-state index contributed by atoms with van der Waals surface area (Å²) < 4.78 is 41.8. The van der Waals surface area contributed by atoms with Crippen LogP contribution in [-0.4, -0.2) is 101 Å². The molecule has 0 fully saturated rings. The van der Waals surface area contributed by atoms with Gasteiger partial charge in [0.15, 0.2) is 0 Å². The molecule has 0 heterocycles. The van der Waals surface area contributed by atoms with Crippen molar-refractivity contribution in [3.8, 4) is 0 Å². The number of unbranched alkanes of at least 4 members (excludes halogenated alkanes) is 14.